The Morgan fingerprint density at radius 1 is 1.38 bits per heavy atom. The first-order valence-electron chi connectivity index (χ1n) is 6.92. The van der Waals surface area contributed by atoms with Crippen LogP contribution in [0.2, 0.25) is 0 Å². The summed E-state index contributed by atoms with van der Waals surface area (Å²) < 4.78 is 5.07. The highest BCUT2D eigenvalue weighted by Gasteiger charge is 2.10. The number of carbonyl (C=O) groups is 1. The highest BCUT2D eigenvalue weighted by molar-refractivity contribution is 5.86. The molecule has 0 spiro atoms. The number of nitro groups is 1. The number of phenolic OH excluding ortho intramolecular Hbond substituents is 1. The predicted molar refractivity (Wildman–Crippen MR) is 87.2 cm³/mol. The number of phenols is 1. The van der Waals surface area contributed by atoms with Crippen molar-refractivity contribution in [2.24, 2.45) is 5.10 Å². The maximum absolute atomic E-state index is 11.8. The van der Waals surface area contributed by atoms with Crippen LogP contribution in [-0.4, -0.2) is 29.3 Å². The van der Waals surface area contributed by atoms with Crippen LogP contribution in [0.1, 0.15) is 11.1 Å². The van der Waals surface area contributed by atoms with E-state index in [9.17, 15) is 20.0 Å². The summed E-state index contributed by atoms with van der Waals surface area (Å²) >= 11 is 0. The third kappa shape index (κ3) is 4.54. The van der Waals surface area contributed by atoms with Gasteiger partial charge >= 0.3 is 0 Å². The van der Waals surface area contributed by atoms with Gasteiger partial charge in [-0.3, -0.25) is 14.9 Å². The second-order valence-corrected chi connectivity index (χ2v) is 4.82. The van der Waals surface area contributed by atoms with Gasteiger partial charge in [0.25, 0.3) is 5.69 Å². The first-order valence-corrected chi connectivity index (χ1v) is 6.92. The van der Waals surface area contributed by atoms with Gasteiger partial charge in [0.2, 0.25) is 5.91 Å². The van der Waals surface area contributed by atoms with Crippen LogP contribution in [0.15, 0.2) is 47.6 Å². The van der Waals surface area contributed by atoms with Crippen LogP contribution in [0, 0.1) is 10.1 Å². The standard InChI is InChI=1S/C16H15N3O5/c1-24-15-9-13(19(22)23)6-5-12(15)10-17-18-16(21)8-11-3-2-4-14(20)7-11/h2-7,9-10,20H,8H2,1H3,(H,18,21)/b17-10+. The van der Waals surface area contributed by atoms with Gasteiger partial charge in [-0.05, 0) is 23.8 Å². The number of nitro benzene ring substituents is 1. The maximum atomic E-state index is 11.8. The zero-order valence-electron chi connectivity index (χ0n) is 12.8. The molecule has 2 aromatic carbocycles. The number of rotatable bonds is 6. The van der Waals surface area contributed by atoms with Gasteiger partial charge in [0.05, 0.1) is 30.7 Å². The molecule has 8 heteroatoms. The van der Waals surface area contributed by atoms with E-state index in [4.69, 9.17) is 4.74 Å². The number of benzene rings is 2. The third-order valence-corrected chi connectivity index (χ3v) is 3.10. The van der Waals surface area contributed by atoms with Crippen LogP contribution in [0.25, 0.3) is 0 Å². The van der Waals surface area contributed by atoms with Crippen LogP contribution in [-0.2, 0) is 11.2 Å². The summed E-state index contributed by atoms with van der Waals surface area (Å²) in [6.45, 7) is 0. The van der Waals surface area contributed by atoms with Crippen molar-refractivity contribution in [2.75, 3.05) is 7.11 Å². The minimum atomic E-state index is -0.527. The molecule has 0 unspecified atom stereocenters. The molecular weight excluding hydrogens is 314 g/mol. The first kappa shape index (κ1) is 16.9. The lowest BCUT2D eigenvalue weighted by Crippen LogP contribution is -2.19. The van der Waals surface area contributed by atoms with Gasteiger partial charge in [-0.2, -0.15) is 5.10 Å². The minimum Gasteiger partial charge on any atom is -0.508 e. The number of hydrazone groups is 1. The number of methoxy groups -OCH3 is 1. The molecule has 124 valence electrons. The van der Waals surface area contributed by atoms with Crippen molar-refractivity contribution in [3.05, 3.63) is 63.7 Å². The summed E-state index contributed by atoms with van der Waals surface area (Å²) in [5.74, 6) is -0.00710. The van der Waals surface area contributed by atoms with Crippen LogP contribution in [0.5, 0.6) is 11.5 Å². The molecule has 0 heterocycles. The van der Waals surface area contributed by atoms with E-state index in [1.165, 1.54) is 43.7 Å². The van der Waals surface area contributed by atoms with Crippen LogP contribution >= 0.6 is 0 Å². The van der Waals surface area contributed by atoms with Crippen molar-refractivity contribution in [3.63, 3.8) is 0 Å². The number of hydrogen-bond acceptors (Lipinski definition) is 6. The molecule has 0 saturated carbocycles. The molecule has 0 aromatic heterocycles. The molecule has 0 radical (unpaired) electrons. The van der Waals surface area contributed by atoms with E-state index in [0.29, 0.717) is 11.1 Å². The molecule has 24 heavy (non-hydrogen) atoms. The smallest absolute Gasteiger partial charge is 0.273 e. The number of nitrogens with zero attached hydrogens (tertiary/aromatic N) is 2. The average molecular weight is 329 g/mol. The Morgan fingerprint density at radius 3 is 2.83 bits per heavy atom. The van der Waals surface area contributed by atoms with Gasteiger partial charge in [0, 0.05) is 11.6 Å². The Kier molecular flexibility index (Phi) is 5.45. The number of ether oxygens (including phenoxy) is 1. The molecule has 2 rings (SSSR count). The van der Waals surface area contributed by atoms with E-state index in [-0.39, 0.29) is 29.5 Å². The predicted octanol–water partition coefficient (Wildman–Crippen LogP) is 2.00. The van der Waals surface area contributed by atoms with Crippen molar-refractivity contribution < 1.29 is 19.6 Å². The van der Waals surface area contributed by atoms with Crippen LogP contribution in [0.4, 0.5) is 5.69 Å². The lowest BCUT2D eigenvalue weighted by Gasteiger charge is -2.04. The van der Waals surface area contributed by atoms with E-state index in [2.05, 4.69) is 10.5 Å². The van der Waals surface area contributed by atoms with Gasteiger partial charge in [0.15, 0.2) is 0 Å². The molecule has 0 aliphatic rings. The van der Waals surface area contributed by atoms with E-state index in [0.717, 1.165) is 0 Å². The summed E-state index contributed by atoms with van der Waals surface area (Å²) in [6, 6.07) is 10.4. The van der Waals surface area contributed by atoms with Crippen LogP contribution < -0.4 is 10.2 Å². The number of nitrogens with one attached hydrogen (secondary N) is 1. The third-order valence-electron chi connectivity index (χ3n) is 3.10. The van der Waals surface area contributed by atoms with Gasteiger partial charge < -0.3 is 9.84 Å². The highest BCUT2D eigenvalue weighted by atomic mass is 16.6. The van der Waals surface area contributed by atoms with Crippen molar-refractivity contribution in [3.8, 4) is 11.5 Å². The quantitative estimate of drug-likeness (QED) is 0.478. The molecular formula is C16H15N3O5. The van der Waals surface area contributed by atoms with E-state index in [1.807, 2.05) is 0 Å². The number of amides is 1. The van der Waals surface area contributed by atoms with Crippen molar-refractivity contribution in [2.45, 2.75) is 6.42 Å². The number of hydrogen-bond donors (Lipinski definition) is 2. The summed E-state index contributed by atoms with van der Waals surface area (Å²) in [5, 5.41) is 23.9. The van der Waals surface area contributed by atoms with E-state index >= 15 is 0 Å². The SMILES string of the molecule is COc1cc([N+](=O)[O-])ccc1/C=N/NC(=O)Cc1cccc(O)c1. The molecule has 0 bridgehead atoms. The second kappa shape index (κ2) is 7.73. The molecule has 0 fully saturated rings. The van der Waals surface area contributed by atoms with E-state index in [1.54, 1.807) is 12.1 Å². The Morgan fingerprint density at radius 2 is 2.17 bits per heavy atom. The molecule has 0 saturated heterocycles. The molecule has 8 nitrogen and oxygen atoms in total. The summed E-state index contributed by atoms with van der Waals surface area (Å²) in [7, 11) is 1.39. The maximum Gasteiger partial charge on any atom is 0.273 e. The van der Waals surface area contributed by atoms with Gasteiger partial charge in [-0.1, -0.05) is 12.1 Å². The first-order chi connectivity index (χ1) is 11.5. The minimum absolute atomic E-state index is 0.0587. The summed E-state index contributed by atoms with van der Waals surface area (Å²) in [4.78, 5) is 22.0. The Hall–Kier alpha value is -3.42. The molecule has 2 N–H and O–H groups in total. The van der Waals surface area contributed by atoms with Crippen molar-refractivity contribution in [1.29, 1.82) is 0 Å². The molecule has 0 aliphatic carbocycles. The second-order valence-electron chi connectivity index (χ2n) is 4.82. The fourth-order valence-corrected chi connectivity index (χ4v) is 1.99. The Labute approximate surface area is 137 Å². The normalized spacial score (nSPS) is 10.5. The molecule has 0 atom stereocenters. The summed E-state index contributed by atoms with van der Waals surface area (Å²) in [6.07, 6.45) is 1.39. The van der Waals surface area contributed by atoms with Crippen molar-refractivity contribution in [1.82, 2.24) is 5.43 Å². The topological polar surface area (TPSA) is 114 Å². The number of aromatic hydroxyl groups is 1. The van der Waals surface area contributed by atoms with Crippen LogP contribution in [0.3, 0.4) is 0 Å². The fraction of sp³-hybridized carbons (Fsp3) is 0.125. The zero-order valence-corrected chi connectivity index (χ0v) is 12.8. The van der Waals surface area contributed by atoms with Crippen molar-refractivity contribution >= 4 is 17.8 Å². The largest absolute Gasteiger partial charge is 0.508 e. The zero-order chi connectivity index (χ0) is 17.5. The lowest BCUT2D eigenvalue weighted by molar-refractivity contribution is -0.384. The molecule has 0 aliphatic heterocycles. The number of non-ortho nitro benzene ring substituents is 1. The average Bonchev–Trinajstić information content (AvgIpc) is 2.54. The van der Waals surface area contributed by atoms with Gasteiger partial charge in [0.1, 0.15) is 11.5 Å². The monoisotopic (exact) mass is 329 g/mol. The molecule has 1 amide bonds. The summed E-state index contributed by atoms with van der Waals surface area (Å²) in [5.41, 5.74) is 3.38. The highest BCUT2D eigenvalue weighted by Crippen LogP contribution is 2.23. The lowest BCUT2D eigenvalue weighted by atomic mass is 10.1. The Balaban J connectivity index is 2.00. The number of carbonyl (C=O) groups excluding carboxylic acids is 1. The molecule has 2 aromatic rings. The fourth-order valence-electron chi connectivity index (χ4n) is 1.99. The Bertz CT molecular complexity index is 789. The van der Waals surface area contributed by atoms with E-state index < -0.39 is 4.92 Å². The van der Waals surface area contributed by atoms with Gasteiger partial charge in [-0.15, -0.1) is 0 Å². The van der Waals surface area contributed by atoms with Gasteiger partial charge in [-0.25, -0.2) is 5.43 Å².